The highest BCUT2D eigenvalue weighted by molar-refractivity contribution is 5.78. The molecule has 1 aliphatic heterocycles. The molecule has 1 heterocycles. The Hall–Kier alpha value is -1.65. The predicted molar refractivity (Wildman–Crippen MR) is 89.7 cm³/mol. The molecule has 4 heteroatoms. The summed E-state index contributed by atoms with van der Waals surface area (Å²) in [7, 11) is 0. The molecule has 0 aromatic carbocycles. The molecule has 0 spiro atoms. The third-order valence-corrected chi connectivity index (χ3v) is 4.33. The van der Waals surface area contributed by atoms with Crippen LogP contribution in [0.1, 0.15) is 38.5 Å². The zero-order valence-corrected chi connectivity index (χ0v) is 13.2. The van der Waals surface area contributed by atoms with Gasteiger partial charge in [-0.1, -0.05) is 24.3 Å². The van der Waals surface area contributed by atoms with Crippen LogP contribution in [0.2, 0.25) is 0 Å². The van der Waals surface area contributed by atoms with Crippen molar-refractivity contribution in [1.29, 1.82) is 0 Å². The van der Waals surface area contributed by atoms with E-state index in [1.807, 2.05) is 0 Å². The van der Waals surface area contributed by atoms with Gasteiger partial charge in [-0.25, -0.2) is 4.79 Å². The van der Waals surface area contributed by atoms with Crippen molar-refractivity contribution < 1.29 is 15.0 Å². The lowest BCUT2D eigenvalue weighted by Crippen LogP contribution is -2.69. The van der Waals surface area contributed by atoms with Crippen molar-refractivity contribution in [1.82, 2.24) is 5.32 Å². The van der Waals surface area contributed by atoms with Gasteiger partial charge in [0.15, 0.2) is 5.60 Å². The smallest absolute Gasteiger partial charge is 0.335 e. The van der Waals surface area contributed by atoms with Gasteiger partial charge in [0, 0.05) is 23.9 Å². The Morgan fingerprint density at radius 3 is 1.45 bits per heavy atom. The number of carboxylic acids is 1. The molecule has 0 radical (unpaired) electrons. The average molecular weight is 305 g/mol. The molecule has 0 aromatic rings. The maximum Gasteiger partial charge on any atom is 0.335 e. The fourth-order valence-electron chi connectivity index (χ4n) is 3.75. The third kappa shape index (κ3) is 3.76. The number of piperidine rings is 1. The molecule has 0 aliphatic carbocycles. The zero-order chi connectivity index (χ0) is 16.9. The molecule has 22 heavy (non-hydrogen) atoms. The maximum atomic E-state index is 11.7. The number of hydrogen-bond acceptors (Lipinski definition) is 3. The fraction of sp³-hybridized carbons (Fsp3) is 0.500. The number of carboxylic acid groups (broad SMARTS) is 1. The van der Waals surface area contributed by atoms with E-state index in [0.717, 1.165) is 0 Å². The zero-order valence-electron chi connectivity index (χ0n) is 13.2. The lowest BCUT2D eigenvalue weighted by Gasteiger charge is -2.54. The second-order valence-corrected chi connectivity index (χ2v) is 6.35. The van der Waals surface area contributed by atoms with E-state index in [2.05, 4.69) is 31.6 Å². The molecule has 0 unspecified atom stereocenters. The van der Waals surface area contributed by atoms with Crippen molar-refractivity contribution in [2.75, 3.05) is 0 Å². The largest absolute Gasteiger partial charge is 0.479 e. The number of hydrogen-bond donors (Lipinski definition) is 3. The van der Waals surface area contributed by atoms with E-state index < -0.39 is 22.6 Å². The average Bonchev–Trinajstić information content (AvgIpc) is 2.38. The maximum absolute atomic E-state index is 11.7. The van der Waals surface area contributed by atoms with E-state index in [9.17, 15) is 15.0 Å². The van der Waals surface area contributed by atoms with E-state index >= 15 is 0 Å². The van der Waals surface area contributed by atoms with Gasteiger partial charge in [0.05, 0.1) is 0 Å². The summed E-state index contributed by atoms with van der Waals surface area (Å²) in [6, 6.07) is 0. The molecule has 1 fully saturated rings. The summed E-state index contributed by atoms with van der Waals surface area (Å²) in [5, 5.41) is 23.9. The molecule has 1 aliphatic rings. The Morgan fingerprint density at radius 1 is 0.909 bits per heavy atom. The highest BCUT2D eigenvalue weighted by Gasteiger charge is 2.55. The molecule has 0 atom stereocenters. The van der Waals surface area contributed by atoms with E-state index in [4.69, 9.17) is 0 Å². The number of aliphatic hydroxyl groups is 1. The topological polar surface area (TPSA) is 69.6 Å². The second kappa shape index (κ2) is 7.07. The molecule has 0 saturated carbocycles. The predicted octanol–water partition coefficient (Wildman–Crippen LogP) is 2.97. The molecule has 4 nitrogen and oxygen atoms in total. The van der Waals surface area contributed by atoms with Crippen molar-refractivity contribution in [2.45, 2.75) is 55.2 Å². The van der Waals surface area contributed by atoms with Crippen LogP contribution in [0.5, 0.6) is 0 Å². The minimum atomic E-state index is -1.79. The number of nitrogens with one attached hydrogen (secondary N) is 1. The highest BCUT2D eigenvalue weighted by atomic mass is 16.4. The molecular weight excluding hydrogens is 278 g/mol. The van der Waals surface area contributed by atoms with E-state index in [1.165, 1.54) is 0 Å². The van der Waals surface area contributed by atoms with Crippen LogP contribution in [-0.2, 0) is 4.79 Å². The van der Waals surface area contributed by atoms with Crippen molar-refractivity contribution >= 4 is 5.97 Å². The minimum absolute atomic E-state index is 0.114. The van der Waals surface area contributed by atoms with E-state index in [1.54, 1.807) is 24.3 Å². The van der Waals surface area contributed by atoms with Gasteiger partial charge >= 0.3 is 5.97 Å². The van der Waals surface area contributed by atoms with E-state index in [0.29, 0.717) is 25.7 Å². The van der Waals surface area contributed by atoms with Crippen LogP contribution >= 0.6 is 0 Å². The molecule has 0 amide bonds. The quantitative estimate of drug-likeness (QED) is 0.573. The molecule has 0 bridgehead atoms. The SMILES string of the molecule is C=CCC1(CC=C)CC(O)(C(=O)O)CC(CC=C)(CC=C)N1. The monoisotopic (exact) mass is 305 g/mol. The summed E-state index contributed by atoms with van der Waals surface area (Å²) < 4.78 is 0. The Kier molecular flexibility index (Phi) is 5.92. The van der Waals surface area contributed by atoms with Gasteiger partial charge in [-0.3, -0.25) is 0 Å². The molecule has 1 saturated heterocycles. The Labute approximate surface area is 132 Å². The van der Waals surface area contributed by atoms with Crippen molar-refractivity contribution in [3.8, 4) is 0 Å². The molecule has 122 valence electrons. The fourth-order valence-corrected chi connectivity index (χ4v) is 3.75. The first-order valence-electron chi connectivity index (χ1n) is 7.50. The number of rotatable bonds is 9. The van der Waals surface area contributed by atoms with Crippen LogP contribution < -0.4 is 5.32 Å². The first kappa shape index (κ1) is 18.4. The highest BCUT2D eigenvalue weighted by Crippen LogP contribution is 2.43. The van der Waals surface area contributed by atoms with Gasteiger partial charge in [-0.05, 0) is 25.7 Å². The van der Waals surface area contributed by atoms with Crippen LogP contribution in [0, 0.1) is 0 Å². The van der Waals surface area contributed by atoms with Gasteiger partial charge in [0.2, 0.25) is 0 Å². The summed E-state index contributed by atoms with van der Waals surface area (Å²) in [5.74, 6) is -1.19. The van der Waals surface area contributed by atoms with Gasteiger partial charge < -0.3 is 15.5 Å². The Morgan fingerprint density at radius 2 is 1.23 bits per heavy atom. The van der Waals surface area contributed by atoms with Crippen LogP contribution in [0.4, 0.5) is 0 Å². The van der Waals surface area contributed by atoms with Crippen LogP contribution in [0.3, 0.4) is 0 Å². The summed E-state index contributed by atoms with van der Waals surface area (Å²) in [5.41, 5.74) is -2.95. The third-order valence-electron chi connectivity index (χ3n) is 4.33. The normalized spacial score (nSPS) is 21.5. The van der Waals surface area contributed by atoms with Crippen LogP contribution in [0.15, 0.2) is 50.6 Å². The summed E-state index contributed by atoms with van der Waals surface area (Å²) in [6.45, 7) is 15.1. The summed E-state index contributed by atoms with van der Waals surface area (Å²) in [6.07, 6.45) is 9.40. The van der Waals surface area contributed by atoms with Crippen molar-refractivity contribution in [3.05, 3.63) is 50.6 Å². The van der Waals surface area contributed by atoms with Gasteiger partial charge in [0.1, 0.15) is 0 Å². The first-order valence-corrected chi connectivity index (χ1v) is 7.50. The van der Waals surface area contributed by atoms with Crippen molar-refractivity contribution in [2.24, 2.45) is 0 Å². The standard InChI is InChI=1S/C18H27NO3/c1-5-9-16(10-6-2)13-18(22,15(20)21)14-17(19-16,11-7-3)12-8-4/h5-8,19,22H,1-4,9-14H2,(H,20,21). The lowest BCUT2D eigenvalue weighted by atomic mass is 9.66. The number of carbonyl (C=O) groups is 1. The molecule has 3 N–H and O–H groups in total. The van der Waals surface area contributed by atoms with Crippen molar-refractivity contribution in [3.63, 3.8) is 0 Å². The van der Waals surface area contributed by atoms with Crippen LogP contribution in [0.25, 0.3) is 0 Å². The summed E-state index contributed by atoms with van der Waals surface area (Å²) in [4.78, 5) is 11.7. The first-order chi connectivity index (χ1) is 10.3. The Bertz CT molecular complexity index is 415. The van der Waals surface area contributed by atoms with Gasteiger partial charge in [-0.15, -0.1) is 26.3 Å². The molecule has 0 aromatic heterocycles. The van der Waals surface area contributed by atoms with Crippen LogP contribution in [-0.4, -0.2) is 32.9 Å². The van der Waals surface area contributed by atoms with Gasteiger partial charge in [0.25, 0.3) is 0 Å². The lowest BCUT2D eigenvalue weighted by molar-refractivity contribution is -0.170. The second-order valence-electron chi connectivity index (χ2n) is 6.35. The Balaban J connectivity index is 3.37. The molecular formula is C18H27NO3. The van der Waals surface area contributed by atoms with E-state index in [-0.39, 0.29) is 12.8 Å². The van der Waals surface area contributed by atoms with Gasteiger partial charge in [-0.2, -0.15) is 0 Å². The number of aliphatic carboxylic acids is 1. The minimum Gasteiger partial charge on any atom is -0.479 e. The molecule has 1 rings (SSSR count). The summed E-state index contributed by atoms with van der Waals surface area (Å²) >= 11 is 0.